The number of hydrogen-bond donors (Lipinski definition) is 2. The number of halogens is 2. The van der Waals surface area contributed by atoms with Crippen LogP contribution >= 0.6 is 0 Å². The summed E-state index contributed by atoms with van der Waals surface area (Å²) < 4.78 is 29.1. The average Bonchev–Trinajstić information content (AvgIpc) is 3.00. The molecule has 1 aromatic carbocycles. The molecule has 166 valence electrons. The number of anilines is 1. The number of carbonyl (C=O) groups is 2. The normalized spacial score (nSPS) is 20.9. The Bertz CT molecular complexity index is 1060. The van der Waals surface area contributed by atoms with Crippen LogP contribution in [0.4, 0.5) is 19.3 Å². The highest BCUT2D eigenvalue weighted by atomic mass is 19.1. The highest BCUT2D eigenvalue weighted by molar-refractivity contribution is 5.94. The molecule has 0 saturated heterocycles. The number of aryl methyl sites for hydroxylation is 1. The Morgan fingerprint density at radius 1 is 1.35 bits per heavy atom. The molecule has 9 nitrogen and oxygen atoms in total. The molecule has 0 spiro atoms. The second-order valence-electron chi connectivity index (χ2n) is 7.86. The maximum Gasteiger partial charge on any atom is 0.322 e. The molecule has 0 saturated carbocycles. The molecule has 0 radical (unpaired) electrons. The first kappa shape index (κ1) is 21.2. The van der Waals surface area contributed by atoms with Crippen LogP contribution in [-0.4, -0.2) is 62.6 Å². The molecule has 31 heavy (non-hydrogen) atoms. The standard InChI is InChI=1S/C20H23F2N5O4/c1-10-4-17(15(22)6-14(10)21)23-20(30)26-8-13-16(5-11(26)2)24-27-7-12(9-28)31-25(3)19(29)18(13)27/h4,6,11-12,28H,5,7-9H2,1-3H3,(H,23,30)/t11-,12+/m1/s1. The minimum atomic E-state index is -0.870. The van der Waals surface area contributed by atoms with Crippen LogP contribution in [-0.2, 0) is 24.3 Å². The van der Waals surface area contributed by atoms with Crippen LogP contribution in [0.15, 0.2) is 12.1 Å². The number of nitrogens with one attached hydrogen (secondary N) is 1. The predicted octanol–water partition coefficient (Wildman–Crippen LogP) is 1.83. The van der Waals surface area contributed by atoms with Gasteiger partial charge in [-0.1, -0.05) is 0 Å². The van der Waals surface area contributed by atoms with Crippen LogP contribution < -0.4 is 5.32 Å². The van der Waals surface area contributed by atoms with Crippen LogP contribution in [0, 0.1) is 18.6 Å². The number of carbonyl (C=O) groups excluding carboxylic acids is 2. The van der Waals surface area contributed by atoms with Gasteiger partial charge in [-0.05, 0) is 25.5 Å². The maximum absolute atomic E-state index is 14.1. The molecule has 2 aromatic rings. The summed E-state index contributed by atoms with van der Waals surface area (Å²) >= 11 is 0. The van der Waals surface area contributed by atoms with Crippen molar-refractivity contribution in [3.05, 3.63) is 46.3 Å². The number of aromatic nitrogens is 2. The molecule has 3 heterocycles. The van der Waals surface area contributed by atoms with E-state index in [-0.39, 0.29) is 37.0 Å². The van der Waals surface area contributed by atoms with Crippen LogP contribution in [0.3, 0.4) is 0 Å². The molecular weight excluding hydrogens is 412 g/mol. The number of benzene rings is 1. The molecule has 11 heteroatoms. The predicted molar refractivity (Wildman–Crippen MR) is 105 cm³/mol. The summed E-state index contributed by atoms with van der Waals surface area (Å²) in [5, 5.41) is 17.6. The summed E-state index contributed by atoms with van der Waals surface area (Å²) in [6.45, 7) is 3.30. The van der Waals surface area contributed by atoms with Gasteiger partial charge in [0, 0.05) is 31.1 Å². The first-order chi connectivity index (χ1) is 14.7. The van der Waals surface area contributed by atoms with Crippen molar-refractivity contribution in [2.75, 3.05) is 19.0 Å². The summed E-state index contributed by atoms with van der Waals surface area (Å²) in [7, 11) is 1.45. The minimum Gasteiger partial charge on any atom is -0.393 e. The maximum atomic E-state index is 14.1. The van der Waals surface area contributed by atoms with Gasteiger partial charge in [0.25, 0.3) is 5.91 Å². The summed E-state index contributed by atoms with van der Waals surface area (Å²) in [5.41, 5.74) is 1.66. The van der Waals surface area contributed by atoms with Crippen LogP contribution in [0.1, 0.15) is 34.2 Å². The lowest BCUT2D eigenvalue weighted by atomic mass is 9.99. The smallest absolute Gasteiger partial charge is 0.322 e. The second kappa shape index (κ2) is 7.89. The average molecular weight is 435 g/mol. The molecule has 0 fully saturated rings. The lowest BCUT2D eigenvalue weighted by Gasteiger charge is -2.33. The number of hydroxylamine groups is 2. The Hall–Kier alpha value is -3.05. The zero-order valence-electron chi connectivity index (χ0n) is 17.4. The lowest BCUT2D eigenvalue weighted by Crippen LogP contribution is -2.45. The molecule has 0 aliphatic carbocycles. The Labute approximate surface area is 177 Å². The fourth-order valence-electron chi connectivity index (χ4n) is 3.92. The van der Waals surface area contributed by atoms with E-state index in [4.69, 9.17) is 4.84 Å². The van der Waals surface area contributed by atoms with Gasteiger partial charge in [0.1, 0.15) is 23.4 Å². The third kappa shape index (κ3) is 3.74. The number of nitrogens with zero attached hydrogens (tertiary/aromatic N) is 4. The van der Waals surface area contributed by atoms with Crippen molar-refractivity contribution < 1.29 is 28.3 Å². The van der Waals surface area contributed by atoms with Crippen LogP contribution in [0.25, 0.3) is 0 Å². The third-order valence-corrected chi connectivity index (χ3v) is 5.61. The van der Waals surface area contributed by atoms with Crippen molar-refractivity contribution in [2.24, 2.45) is 0 Å². The fraction of sp³-hybridized carbons (Fsp3) is 0.450. The number of aliphatic hydroxyl groups is 1. The fourth-order valence-corrected chi connectivity index (χ4v) is 3.92. The lowest BCUT2D eigenvalue weighted by molar-refractivity contribution is -0.159. The first-order valence-corrected chi connectivity index (χ1v) is 9.87. The molecule has 0 unspecified atom stereocenters. The number of amides is 3. The molecule has 4 rings (SSSR count). The molecular formula is C20H23F2N5O4. The van der Waals surface area contributed by atoms with Gasteiger partial charge in [-0.15, -0.1) is 0 Å². The van der Waals surface area contributed by atoms with E-state index in [1.165, 1.54) is 29.6 Å². The van der Waals surface area contributed by atoms with Gasteiger partial charge in [-0.25, -0.2) is 18.6 Å². The van der Waals surface area contributed by atoms with E-state index in [9.17, 15) is 23.5 Å². The number of urea groups is 1. The van der Waals surface area contributed by atoms with E-state index in [1.54, 1.807) is 0 Å². The Morgan fingerprint density at radius 2 is 2.10 bits per heavy atom. The van der Waals surface area contributed by atoms with Crippen molar-refractivity contribution in [3.8, 4) is 0 Å². The summed E-state index contributed by atoms with van der Waals surface area (Å²) in [5.74, 6) is -2.00. The van der Waals surface area contributed by atoms with Crippen molar-refractivity contribution in [3.63, 3.8) is 0 Å². The van der Waals surface area contributed by atoms with Crippen molar-refractivity contribution >= 4 is 17.6 Å². The molecule has 2 N–H and O–H groups in total. The van der Waals surface area contributed by atoms with E-state index in [0.29, 0.717) is 23.4 Å². The number of fused-ring (bicyclic) bond motifs is 3. The highest BCUT2D eigenvalue weighted by Gasteiger charge is 2.37. The quantitative estimate of drug-likeness (QED) is 0.750. The van der Waals surface area contributed by atoms with Gasteiger partial charge in [0.2, 0.25) is 0 Å². The largest absolute Gasteiger partial charge is 0.393 e. The van der Waals surface area contributed by atoms with E-state index in [0.717, 1.165) is 11.1 Å². The second-order valence-corrected chi connectivity index (χ2v) is 7.86. The number of rotatable bonds is 2. The molecule has 3 amide bonds. The SMILES string of the molecule is Cc1cc(NC(=O)N2Cc3c(nn4c3C(=O)N(C)O[C@H](CO)C4)C[C@H]2C)c(F)cc1F. The van der Waals surface area contributed by atoms with Gasteiger partial charge in [-0.2, -0.15) is 5.10 Å². The van der Waals surface area contributed by atoms with Crippen molar-refractivity contribution in [2.45, 2.75) is 45.5 Å². The van der Waals surface area contributed by atoms with E-state index >= 15 is 0 Å². The Morgan fingerprint density at radius 3 is 2.81 bits per heavy atom. The van der Waals surface area contributed by atoms with Crippen LogP contribution in [0.2, 0.25) is 0 Å². The van der Waals surface area contributed by atoms with Gasteiger partial charge in [0.05, 0.1) is 31.1 Å². The summed E-state index contributed by atoms with van der Waals surface area (Å²) in [6, 6.07) is 1.13. The van der Waals surface area contributed by atoms with Gasteiger partial charge < -0.3 is 15.3 Å². The first-order valence-electron chi connectivity index (χ1n) is 9.87. The topological polar surface area (TPSA) is 99.9 Å². The van der Waals surface area contributed by atoms with E-state index in [2.05, 4.69) is 10.4 Å². The molecule has 2 aliphatic heterocycles. The Kier molecular flexibility index (Phi) is 5.40. The van der Waals surface area contributed by atoms with Crippen molar-refractivity contribution in [1.29, 1.82) is 0 Å². The van der Waals surface area contributed by atoms with E-state index in [1.807, 2.05) is 6.92 Å². The molecule has 2 atom stereocenters. The summed E-state index contributed by atoms with van der Waals surface area (Å²) in [4.78, 5) is 32.7. The van der Waals surface area contributed by atoms with Gasteiger partial charge in [-0.3, -0.25) is 14.3 Å². The number of hydrogen-bond acceptors (Lipinski definition) is 5. The highest BCUT2D eigenvalue weighted by Crippen LogP contribution is 2.29. The molecule has 2 aliphatic rings. The zero-order valence-corrected chi connectivity index (χ0v) is 17.4. The monoisotopic (exact) mass is 435 g/mol. The van der Waals surface area contributed by atoms with Gasteiger partial charge >= 0.3 is 6.03 Å². The summed E-state index contributed by atoms with van der Waals surface area (Å²) in [6.07, 6.45) is -0.229. The van der Waals surface area contributed by atoms with Crippen LogP contribution in [0.5, 0.6) is 0 Å². The third-order valence-electron chi connectivity index (χ3n) is 5.61. The molecule has 0 bridgehead atoms. The molecule has 1 aromatic heterocycles. The Balaban J connectivity index is 1.63. The minimum absolute atomic E-state index is 0.0861. The van der Waals surface area contributed by atoms with E-state index < -0.39 is 29.7 Å². The number of aliphatic hydroxyl groups excluding tert-OH is 1. The van der Waals surface area contributed by atoms with Gasteiger partial charge in [0.15, 0.2) is 0 Å². The van der Waals surface area contributed by atoms with Crippen molar-refractivity contribution in [1.82, 2.24) is 19.7 Å². The zero-order chi connectivity index (χ0) is 22.4.